The molecule has 2 unspecified atom stereocenters. The fourth-order valence-electron chi connectivity index (χ4n) is 2.57. The minimum Gasteiger partial charge on any atom is -0.487 e. The maximum absolute atomic E-state index is 13.1. The second-order valence-corrected chi connectivity index (χ2v) is 4.64. The Morgan fingerprint density at radius 2 is 2.18 bits per heavy atom. The van der Waals surface area contributed by atoms with E-state index in [-0.39, 0.29) is 18.0 Å². The molecule has 0 radical (unpaired) electrons. The minimum atomic E-state index is -0.589. The Morgan fingerprint density at radius 3 is 2.94 bits per heavy atom. The molecule has 0 bridgehead atoms. The molecule has 0 amide bonds. The van der Waals surface area contributed by atoms with Crippen LogP contribution in [0.1, 0.15) is 30.9 Å². The van der Waals surface area contributed by atoms with Crippen molar-refractivity contribution in [3.05, 3.63) is 29.6 Å². The average molecular weight is 238 g/mol. The summed E-state index contributed by atoms with van der Waals surface area (Å²) in [7, 11) is 0. The molecule has 0 aromatic heterocycles. The lowest BCUT2D eigenvalue weighted by Crippen LogP contribution is -2.36. The third kappa shape index (κ3) is 2.03. The Bertz CT molecular complexity index is 415. The van der Waals surface area contributed by atoms with E-state index in [2.05, 4.69) is 0 Å². The number of halogens is 1. The molecule has 4 heteroatoms. The molecule has 1 saturated heterocycles. The van der Waals surface area contributed by atoms with Gasteiger partial charge in [-0.1, -0.05) is 0 Å². The molecule has 0 spiro atoms. The first-order valence-electron chi connectivity index (χ1n) is 6.00. The van der Waals surface area contributed by atoms with Crippen LogP contribution < -0.4 is 4.74 Å². The second kappa shape index (κ2) is 4.27. The van der Waals surface area contributed by atoms with Gasteiger partial charge in [0.15, 0.2) is 0 Å². The molecular formula is C13H15FO3. The molecule has 1 fully saturated rings. The number of ether oxygens (including phenoxy) is 2. The topological polar surface area (TPSA) is 38.7 Å². The highest BCUT2D eigenvalue weighted by atomic mass is 19.1. The van der Waals surface area contributed by atoms with Crippen LogP contribution in [0.3, 0.4) is 0 Å². The van der Waals surface area contributed by atoms with E-state index in [9.17, 15) is 9.50 Å². The maximum Gasteiger partial charge on any atom is 0.128 e. The van der Waals surface area contributed by atoms with Gasteiger partial charge in [-0.05, 0) is 25.0 Å². The normalized spacial score (nSPS) is 32.0. The van der Waals surface area contributed by atoms with Crippen LogP contribution in [-0.2, 0) is 4.74 Å². The number of fused-ring (bicyclic) bond motifs is 1. The van der Waals surface area contributed by atoms with Crippen molar-refractivity contribution < 1.29 is 19.0 Å². The van der Waals surface area contributed by atoms with Gasteiger partial charge in [0.25, 0.3) is 0 Å². The van der Waals surface area contributed by atoms with Crippen molar-refractivity contribution in [2.45, 2.75) is 37.6 Å². The molecule has 2 heterocycles. The van der Waals surface area contributed by atoms with Gasteiger partial charge < -0.3 is 14.6 Å². The van der Waals surface area contributed by atoms with Gasteiger partial charge in [-0.25, -0.2) is 4.39 Å². The van der Waals surface area contributed by atoms with Crippen molar-refractivity contribution in [2.75, 3.05) is 6.61 Å². The van der Waals surface area contributed by atoms with Crippen molar-refractivity contribution in [1.29, 1.82) is 0 Å². The zero-order chi connectivity index (χ0) is 11.8. The first-order chi connectivity index (χ1) is 8.24. The zero-order valence-electron chi connectivity index (χ0n) is 9.43. The highest BCUT2D eigenvalue weighted by Crippen LogP contribution is 2.37. The van der Waals surface area contributed by atoms with Crippen molar-refractivity contribution in [2.24, 2.45) is 0 Å². The summed E-state index contributed by atoms with van der Waals surface area (Å²) < 4.78 is 24.4. The fourth-order valence-corrected chi connectivity index (χ4v) is 2.57. The van der Waals surface area contributed by atoms with Gasteiger partial charge in [0.1, 0.15) is 17.7 Å². The maximum atomic E-state index is 13.1. The second-order valence-electron chi connectivity index (χ2n) is 4.64. The lowest BCUT2D eigenvalue weighted by atomic mass is 9.95. The number of aliphatic hydroxyl groups is 1. The quantitative estimate of drug-likeness (QED) is 0.815. The van der Waals surface area contributed by atoms with Gasteiger partial charge in [0.05, 0.1) is 12.2 Å². The Morgan fingerprint density at radius 1 is 1.29 bits per heavy atom. The summed E-state index contributed by atoms with van der Waals surface area (Å²) >= 11 is 0. The predicted molar refractivity (Wildman–Crippen MR) is 59.4 cm³/mol. The van der Waals surface area contributed by atoms with Crippen LogP contribution in [0.4, 0.5) is 4.39 Å². The molecule has 1 aromatic rings. The van der Waals surface area contributed by atoms with E-state index in [0.717, 1.165) is 19.4 Å². The molecule has 3 atom stereocenters. The predicted octanol–water partition coefficient (Wildman–Crippen LogP) is 2.19. The molecule has 1 N–H and O–H groups in total. The highest BCUT2D eigenvalue weighted by molar-refractivity contribution is 5.37. The van der Waals surface area contributed by atoms with E-state index >= 15 is 0 Å². The molecular weight excluding hydrogens is 223 g/mol. The van der Waals surface area contributed by atoms with Crippen LogP contribution in [0.15, 0.2) is 18.2 Å². The van der Waals surface area contributed by atoms with Gasteiger partial charge in [-0.3, -0.25) is 0 Å². The summed E-state index contributed by atoms with van der Waals surface area (Å²) in [6.07, 6.45) is 1.76. The fraction of sp³-hybridized carbons (Fsp3) is 0.538. The molecule has 0 saturated carbocycles. The lowest BCUT2D eigenvalue weighted by Gasteiger charge is -2.32. The number of hydrogen-bond donors (Lipinski definition) is 1. The van der Waals surface area contributed by atoms with Gasteiger partial charge in [0.2, 0.25) is 0 Å². The van der Waals surface area contributed by atoms with E-state index in [1.54, 1.807) is 6.07 Å². The van der Waals surface area contributed by atoms with E-state index in [1.165, 1.54) is 12.1 Å². The standard InChI is InChI=1S/C13H15FO3/c14-8-3-4-9-10(15)7-13(17-12(9)6-8)11-2-1-5-16-11/h3-4,6,10-11,13,15H,1-2,5,7H2/t10-,11?,13?/m0/s1. The molecule has 2 aliphatic rings. The molecule has 0 aliphatic carbocycles. The average Bonchev–Trinajstić information content (AvgIpc) is 2.81. The van der Waals surface area contributed by atoms with Crippen molar-refractivity contribution in [1.82, 2.24) is 0 Å². The van der Waals surface area contributed by atoms with Crippen LogP contribution in [0.2, 0.25) is 0 Å². The van der Waals surface area contributed by atoms with Gasteiger partial charge in [-0.15, -0.1) is 0 Å². The van der Waals surface area contributed by atoms with E-state index in [4.69, 9.17) is 9.47 Å². The number of rotatable bonds is 1. The Labute approximate surface area is 99.2 Å². The van der Waals surface area contributed by atoms with Gasteiger partial charge in [0, 0.05) is 24.7 Å². The van der Waals surface area contributed by atoms with E-state index in [1.807, 2.05) is 0 Å². The van der Waals surface area contributed by atoms with Crippen molar-refractivity contribution in [3.8, 4) is 5.75 Å². The Hall–Kier alpha value is -1.13. The smallest absolute Gasteiger partial charge is 0.128 e. The third-order valence-corrected chi connectivity index (χ3v) is 3.45. The third-order valence-electron chi connectivity index (χ3n) is 3.45. The summed E-state index contributed by atoms with van der Waals surface area (Å²) in [5, 5.41) is 10.0. The Kier molecular flexibility index (Phi) is 2.76. The lowest BCUT2D eigenvalue weighted by molar-refractivity contribution is -0.0273. The monoisotopic (exact) mass is 238 g/mol. The molecule has 2 aliphatic heterocycles. The number of benzene rings is 1. The molecule has 3 rings (SSSR count). The largest absolute Gasteiger partial charge is 0.487 e. The minimum absolute atomic E-state index is 0.0288. The Balaban J connectivity index is 1.85. The SMILES string of the molecule is O[C@H]1CC(C2CCCO2)Oc2cc(F)ccc21. The summed E-state index contributed by atoms with van der Waals surface area (Å²) in [6.45, 7) is 0.747. The van der Waals surface area contributed by atoms with Crippen LogP contribution >= 0.6 is 0 Å². The van der Waals surface area contributed by atoms with Crippen LogP contribution in [0, 0.1) is 5.82 Å². The molecule has 3 nitrogen and oxygen atoms in total. The summed E-state index contributed by atoms with van der Waals surface area (Å²) in [6, 6.07) is 4.26. The summed E-state index contributed by atoms with van der Waals surface area (Å²) in [5.74, 6) is 0.105. The van der Waals surface area contributed by atoms with Gasteiger partial charge in [-0.2, -0.15) is 0 Å². The molecule has 17 heavy (non-hydrogen) atoms. The zero-order valence-corrected chi connectivity index (χ0v) is 9.43. The van der Waals surface area contributed by atoms with Crippen LogP contribution in [-0.4, -0.2) is 23.9 Å². The first kappa shape index (κ1) is 11.0. The van der Waals surface area contributed by atoms with E-state index < -0.39 is 6.10 Å². The molecule has 92 valence electrons. The summed E-state index contributed by atoms with van der Waals surface area (Å²) in [4.78, 5) is 0. The van der Waals surface area contributed by atoms with Gasteiger partial charge >= 0.3 is 0 Å². The number of hydrogen-bond acceptors (Lipinski definition) is 3. The van der Waals surface area contributed by atoms with E-state index in [0.29, 0.717) is 17.7 Å². The molecule has 1 aromatic carbocycles. The first-order valence-corrected chi connectivity index (χ1v) is 6.00. The number of aliphatic hydroxyl groups excluding tert-OH is 1. The van der Waals surface area contributed by atoms with Crippen molar-refractivity contribution in [3.63, 3.8) is 0 Å². The summed E-state index contributed by atoms with van der Waals surface area (Å²) in [5.41, 5.74) is 0.667. The van der Waals surface area contributed by atoms with Crippen molar-refractivity contribution >= 4 is 0 Å². The van der Waals surface area contributed by atoms with Crippen LogP contribution in [0.5, 0.6) is 5.75 Å². The van der Waals surface area contributed by atoms with Crippen LogP contribution in [0.25, 0.3) is 0 Å². The highest BCUT2D eigenvalue weighted by Gasteiger charge is 2.34.